The summed E-state index contributed by atoms with van der Waals surface area (Å²) in [6, 6.07) is 18.8. The number of carbonyl (C=O) groups excluding carboxylic acids is 3. The summed E-state index contributed by atoms with van der Waals surface area (Å²) in [6.07, 6.45) is 0.698. The maximum atomic E-state index is 13.4. The molecule has 1 aliphatic rings. The number of hydrogen-bond acceptors (Lipinski definition) is 3. The Hall–Kier alpha value is -4.00. The number of anilines is 2. The Bertz CT molecular complexity index is 1210. The quantitative estimate of drug-likeness (QED) is 0.502. The molecule has 3 aromatic carbocycles. The van der Waals surface area contributed by atoms with Gasteiger partial charge in [-0.15, -0.1) is 0 Å². The zero-order valence-electron chi connectivity index (χ0n) is 19.1. The van der Waals surface area contributed by atoms with Crippen molar-refractivity contribution in [3.8, 4) is 0 Å². The van der Waals surface area contributed by atoms with Crippen LogP contribution in [0.3, 0.4) is 0 Å². The fraction of sp³-hybridized carbons (Fsp3) is 0.222. The van der Waals surface area contributed by atoms with Crippen LogP contribution in [0.2, 0.25) is 0 Å². The lowest BCUT2D eigenvalue weighted by Gasteiger charge is -2.21. The first-order valence-electron chi connectivity index (χ1n) is 11.2. The zero-order valence-corrected chi connectivity index (χ0v) is 19.1. The van der Waals surface area contributed by atoms with Crippen LogP contribution >= 0.6 is 0 Å². The average molecular weight is 460 g/mol. The highest BCUT2D eigenvalue weighted by Gasteiger charge is 2.46. The summed E-state index contributed by atoms with van der Waals surface area (Å²) in [5.41, 5.74) is 3.79. The third-order valence-electron chi connectivity index (χ3n) is 5.87. The minimum atomic E-state index is -0.979. The molecule has 0 aromatic heterocycles. The van der Waals surface area contributed by atoms with Crippen molar-refractivity contribution in [3.05, 3.63) is 95.3 Å². The second kappa shape index (κ2) is 9.87. The molecule has 1 saturated heterocycles. The topological polar surface area (TPSA) is 69.7 Å². The molecule has 6 nitrogen and oxygen atoms in total. The standard InChI is InChI=1S/C27H26FN3O3/c1-3-19-9-13-22(14-10-19)29-25(32)16-24-26(33)31(23-6-4-5-18(2)15-23)27(34)30(24)17-20-7-11-21(28)12-8-20/h4-15,24H,3,16-17H2,1-2H3,(H,29,32)/t24-/m1/s1. The van der Waals surface area contributed by atoms with Crippen molar-refractivity contribution in [2.45, 2.75) is 39.3 Å². The highest BCUT2D eigenvalue weighted by molar-refractivity contribution is 6.22. The van der Waals surface area contributed by atoms with Gasteiger partial charge in [0.15, 0.2) is 0 Å². The molecule has 1 atom stereocenters. The predicted molar refractivity (Wildman–Crippen MR) is 129 cm³/mol. The van der Waals surface area contributed by atoms with E-state index in [1.807, 2.05) is 44.2 Å². The number of urea groups is 1. The van der Waals surface area contributed by atoms with E-state index in [4.69, 9.17) is 0 Å². The second-order valence-electron chi connectivity index (χ2n) is 8.37. The van der Waals surface area contributed by atoms with E-state index in [0.717, 1.165) is 22.4 Å². The summed E-state index contributed by atoms with van der Waals surface area (Å²) >= 11 is 0. The maximum Gasteiger partial charge on any atom is 0.332 e. The molecule has 0 saturated carbocycles. The number of imide groups is 1. The molecule has 0 spiro atoms. The van der Waals surface area contributed by atoms with Crippen LogP contribution in [0.4, 0.5) is 20.6 Å². The van der Waals surface area contributed by atoms with Crippen LogP contribution in [0.5, 0.6) is 0 Å². The lowest BCUT2D eigenvalue weighted by atomic mass is 10.1. The summed E-state index contributed by atoms with van der Waals surface area (Å²) in [5, 5.41) is 2.81. The van der Waals surface area contributed by atoms with Crippen LogP contribution in [-0.2, 0) is 22.6 Å². The highest BCUT2D eigenvalue weighted by Crippen LogP contribution is 2.29. The normalized spacial score (nSPS) is 15.7. The molecule has 1 heterocycles. The zero-order chi connectivity index (χ0) is 24.2. The Morgan fingerprint density at radius 3 is 2.29 bits per heavy atom. The van der Waals surface area contributed by atoms with Crippen LogP contribution in [0.15, 0.2) is 72.8 Å². The number of nitrogens with one attached hydrogen (secondary N) is 1. The first-order chi connectivity index (χ1) is 16.4. The van der Waals surface area contributed by atoms with Crippen LogP contribution in [0.25, 0.3) is 0 Å². The second-order valence-corrected chi connectivity index (χ2v) is 8.37. The molecule has 0 unspecified atom stereocenters. The minimum absolute atomic E-state index is 0.0797. The van der Waals surface area contributed by atoms with Crippen molar-refractivity contribution in [2.24, 2.45) is 0 Å². The number of halogens is 1. The highest BCUT2D eigenvalue weighted by atomic mass is 19.1. The lowest BCUT2D eigenvalue weighted by molar-refractivity contribution is -0.124. The molecule has 4 amide bonds. The Morgan fingerprint density at radius 1 is 0.971 bits per heavy atom. The first-order valence-corrected chi connectivity index (χ1v) is 11.2. The predicted octanol–water partition coefficient (Wildman–Crippen LogP) is 5.06. The van der Waals surface area contributed by atoms with Crippen LogP contribution in [-0.4, -0.2) is 28.8 Å². The third-order valence-corrected chi connectivity index (χ3v) is 5.87. The maximum absolute atomic E-state index is 13.4. The minimum Gasteiger partial charge on any atom is -0.326 e. The number of carbonyl (C=O) groups is 3. The van der Waals surface area contributed by atoms with Crippen LogP contribution in [0, 0.1) is 12.7 Å². The summed E-state index contributed by atoms with van der Waals surface area (Å²) in [5.74, 6) is -1.22. The molecule has 1 N–H and O–H groups in total. The smallest absolute Gasteiger partial charge is 0.326 e. The Balaban J connectivity index is 1.59. The Morgan fingerprint density at radius 2 is 1.65 bits per heavy atom. The molecule has 1 fully saturated rings. The molecular weight excluding hydrogens is 433 g/mol. The Labute approximate surface area is 198 Å². The summed E-state index contributed by atoms with van der Waals surface area (Å²) in [4.78, 5) is 42.1. The summed E-state index contributed by atoms with van der Waals surface area (Å²) in [6.45, 7) is 4.00. The number of benzene rings is 3. The van der Waals surface area contributed by atoms with Gasteiger partial charge in [0.2, 0.25) is 5.91 Å². The molecular formula is C27H26FN3O3. The van der Waals surface area contributed by atoms with Gasteiger partial charge in [-0.1, -0.05) is 43.3 Å². The molecule has 7 heteroatoms. The number of aryl methyl sites for hydroxylation is 2. The molecule has 0 aliphatic carbocycles. The fourth-order valence-electron chi connectivity index (χ4n) is 4.02. The van der Waals surface area contributed by atoms with E-state index in [1.165, 1.54) is 17.0 Å². The van der Waals surface area contributed by atoms with Crippen molar-refractivity contribution in [1.82, 2.24) is 4.90 Å². The van der Waals surface area contributed by atoms with E-state index >= 15 is 0 Å². The molecule has 174 valence electrons. The SMILES string of the molecule is CCc1ccc(NC(=O)C[C@@H]2C(=O)N(c3cccc(C)c3)C(=O)N2Cc2ccc(F)cc2)cc1. The lowest BCUT2D eigenvalue weighted by Crippen LogP contribution is -2.37. The van der Waals surface area contributed by atoms with Gasteiger partial charge in [-0.25, -0.2) is 14.1 Å². The van der Waals surface area contributed by atoms with Crippen molar-refractivity contribution < 1.29 is 18.8 Å². The third kappa shape index (κ3) is 4.98. The van der Waals surface area contributed by atoms with Crippen molar-refractivity contribution >= 4 is 29.2 Å². The van der Waals surface area contributed by atoms with Gasteiger partial charge in [0.1, 0.15) is 11.9 Å². The van der Waals surface area contributed by atoms with Gasteiger partial charge >= 0.3 is 6.03 Å². The molecule has 1 aliphatic heterocycles. The number of hydrogen-bond donors (Lipinski definition) is 1. The average Bonchev–Trinajstić information content (AvgIpc) is 3.04. The van der Waals surface area contributed by atoms with Crippen LogP contribution < -0.4 is 10.2 Å². The molecule has 34 heavy (non-hydrogen) atoms. The van der Waals surface area contributed by atoms with E-state index in [9.17, 15) is 18.8 Å². The van der Waals surface area contributed by atoms with Gasteiger partial charge in [-0.2, -0.15) is 0 Å². The van der Waals surface area contributed by atoms with Crippen molar-refractivity contribution in [2.75, 3.05) is 10.2 Å². The number of rotatable bonds is 7. The summed E-state index contributed by atoms with van der Waals surface area (Å²) < 4.78 is 13.4. The van der Waals surface area contributed by atoms with E-state index in [0.29, 0.717) is 16.9 Å². The summed E-state index contributed by atoms with van der Waals surface area (Å²) in [7, 11) is 0. The fourth-order valence-corrected chi connectivity index (χ4v) is 4.02. The Kier molecular flexibility index (Phi) is 6.72. The molecule has 0 radical (unpaired) electrons. The first kappa shape index (κ1) is 23.2. The van der Waals surface area contributed by atoms with E-state index < -0.39 is 18.0 Å². The molecule has 0 bridgehead atoms. The number of amides is 4. The van der Waals surface area contributed by atoms with Gasteiger partial charge in [-0.05, 0) is 66.4 Å². The monoisotopic (exact) mass is 459 g/mol. The molecule has 3 aromatic rings. The van der Waals surface area contributed by atoms with Gasteiger partial charge in [0, 0.05) is 12.2 Å². The van der Waals surface area contributed by atoms with Crippen molar-refractivity contribution in [3.63, 3.8) is 0 Å². The van der Waals surface area contributed by atoms with E-state index in [-0.39, 0.29) is 24.7 Å². The van der Waals surface area contributed by atoms with Gasteiger partial charge in [0.05, 0.1) is 12.1 Å². The van der Waals surface area contributed by atoms with Crippen LogP contribution in [0.1, 0.15) is 30.0 Å². The van der Waals surface area contributed by atoms with Crippen molar-refractivity contribution in [1.29, 1.82) is 0 Å². The van der Waals surface area contributed by atoms with E-state index in [2.05, 4.69) is 5.32 Å². The number of nitrogens with zero attached hydrogens (tertiary/aromatic N) is 2. The van der Waals surface area contributed by atoms with Gasteiger partial charge < -0.3 is 10.2 Å². The van der Waals surface area contributed by atoms with Gasteiger partial charge in [0.25, 0.3) is 5.91 Å². The van der Waals surface area contributed by atoms with E-state index in [1.54, 1.807) is 30.3 Å². The molecule has 4 rings (SSSR count). The van der Waals surface area contributed by atoms with Gasteiger partial charge in [-0.3, -0.25) is 9.59 Å². The largest absolute Gasteiger partial charge is 0.332 e.